The van der Waals surface area contributed by atoms with Gasteiger partial charge in [-0.05, 0) is 6.42 Å². The molecule has 0 heterocycles. The molecular formula is C21H28Cl2NSiTi. The van der Waals surface area contributed by atoms with E-state index in [0.717, 1.165) is 28.8 Å². The zero-order valence-corrected chi connectivity index (χ0v) is 19.9. The molecule has 2 aromatic rings. The number of rotatable bonds is 0. The van der Waals surface area contributed by atoms with Gasteiger partial charge in [-0.15, -0.1) is 11.6 Å². The van der Waals surface area contributed by atoms with Gasteiger partial charge in [-0.1, -0.05) is 80.6 Å². The van der Waals surface area contributed by atoms with Gasteiger partial charge in [0.2, 0.25) is 0 Å². The summed E-state index contributed by atoms with van der Waals surface area (Å²) in [6, 6.07) is 18.4. The molecule has 0 bridgehead atoms. The maximum atomic E-state index is 7.27. The van der Waals surface area contributed by atoms with Crippen LogP contribution in [0.4, 0.5) is 0 Å². The molecule has 1 N–H and O–H groups in total. The van der Waals surface area contributed by atoms with Crippen molar-refractivity contribution in [2.75, 3.05) is 0 Å². The van der Waals surface area contributed by atoms with E-state index < -0.39 is 0 Å². The Bertz CT molecular complexity index is 561. The number of hydrogen-bond donors (Lipinski definition) is 0. The summed E-state index contributed by atoms with van der Waals surface area (Å²) in [5, 5.41) is 0. The summed E-state index contributed by atoms with van der Waals surface area (Å²) < 4.78 is 0. The topological polar surface area (TPSA) is 23.8 Å². The third-order valence-electron chi connectivity index (χ3n) is 4.22. The Morgan fingerprint density at radius 2 is 1.50 bits per heavy atom. The van der Waals surface area contributed by atoms with Gasteiger partial charge in [0.1, 0.15) is 0 Å². The normalized spacial score (nSPS) is 13.7. The van der Waals surface area contributed by atoms with Crippen molar-refractivity contribution in [2.24, 2.45) is 0 Å². The van der Waals surface area contributed by atoms with E-state index in [-0.39, 0.29) is 52.6 Å². The van der Waals surface area contributed by atoms with Crippen LogP contribution in [-0.2, 0) is 28.1 Å². The first kappa shape index (κ1) is 28.1. The molecule has 2 aliphatic rings. The Morgan fingerprint density at radius 3 is 2.08 bits per heavy atom. The van der Waals surface area contributed by atoms with Crippen LogP contribution >= 0.6 is 0 Å². The number of fused-ring (bicyclic) bond motifs is 3. The van der Waals surface area contributed by atoms with E-state index in [2.05, 4.69) is 55.6 Å². The first-order valence-corrected chi connectivity index (χ1v) is 11.1. The monoisotopic (exact) mass is 440 g/mol. The predicted molar refractivity (Wildman–Crippen MR) is 104 cm³/mol. The minimum absolute atomic E-state index is 0. The molecule has 4 rings (SSSR count). The molecule has 0 spiro atoms. The first-order valence-electron chi connectivity index (χ1n) is 8.79. The fourth-order valence-corrected chi connectivity index (χ4v) is 3.10. The summed E-state index contributed by atoms with van der Waals surface area (Å²) in [7, 11) is 0.750. The van der Waals surface area contributed by atoms with Gasteiger partial charge >= 0.3 is 21.7 Å². The van der Waals surface area contributed by atoms with Crippen molar-refractivity contribution in [3.63, 3.8) is 0 Å². The molecule has 0 unspecified atom stereocenters. The third-order valence-corrected chi connectivity index (χ3v) is 4.22. The number of hydrogen-bond acceptors (Lipinski definition) is 0. The fraction of sp³-hybridized carbons (Fsp3) is 0.429. The minimum Gasteiger partial charge on any atom is -1.00 e. The van der Waals surface area contributed by atoms with Crippen LogP contribution in [0.25, 0.3) is 16.9 Å². The molecule has 1 radical (unpaired) electrons. The summed E-state index contributed by atoms with van der Waals surface area (Å²) in [5.74, 6) is 0. The van der Waals surface area contributed by atoms with Gasteiger partial charge in [-0.25, -0.2) is 0 Å². The molecule has 1 saturated carbocycles. The largest absolute Gasteiger partial charge is 4.00 e. The molecule has 0 aliphatic heterocycles. The molecule has 2 aromatic carbocycles. The van der Waals surface area contributed by atoms with Crippen molar-refractivity contribution in [2.45, 2.75) is 57.7 Å². The molecule has 139 valence electrons. The van der Waals surface area contributed by atoms with E-state index in [1.165, 1.54) is 41.5 Å². The number of benzene rings is 2. The van der Waals surface area contributed by atoms with Crippen LogP contribution in [0.1, 0.15) is 43.2 Å². The SMILES string of the molecule is C[SiH]C.[Cl-].[Cl-].[NH-]C1CCCCC1.[Ti+4].[c-]1cccc2c1Cc1ccccc1-2. The molecule has 2 aliphatic carbocycles. The molecule has 5 heteroatoms. The summed E-state index contributed by atoms with van der Waals surface area (Å²) in [4.78, 5) is 0. The van der Waals surface area contributed by atoms with Gasteiger partial charge in [0.15, 0.2) is 0 Å². The molecule has 1 nitrogen and oxygen atoms in total. The number of nitrogens with one attached hydrogen (secondary N) is 1. The van der Waals surface area contributed by atoms with Gasteiger partial charge in [0, 0.05) is 9.52 Å². The molecule has 26 heavy (non-hydrogen) atoms. The second kappa shape index (κ2) is 15.9. The Balaban J connectivity index is 0. The van der Waals surface area contributed by atoms with E-state index in [4.69, 9.17) is 5.73 Å². The van der Waals surface area contributed by atoms with Crippen molar-refractivity contribution in [1.29, 1.82) is 0 Å². The van der Waals surface area contributed by atoms with Gasteiger partial charge in [0.05, 0.1) is 0 Å². The maximum absolute atomic E-state index is 7.27. The third kappa shape index (κ3) is 8.73. The zero-order valence-electron chi connectivity index (χ0n) is 15.7. The summed E-state index contributed by atoms with van der Waals surface area (Å²) in [6.07, 6.45) is 7.32. The van der Waals surface area contributed by atoms with Crippen molar-refractivity contribution in [3.05, 3.63) is 65.4 Å². The van der Waals surface area contributed by atoms with Gasteiger partial charge in [-0.3, -0.25) is 0 Å². The second-order valence-corrected chi connectivity index (χ2v) is 7.46. The summed E-state index contributed by atoms with van der Waals surface area (Å²) >= 11 is 0. The molecule has 0 atom stereocenters. The van der Waals surface area contributed by atoms with Crippen LogP contribution in [-0.4, -0.2) is 15.6 Å². The summed E-state index contributed by atoms with van der Waals surface area (Å²) in [6.45, 7) is 4.42. The van der Waals surface area contributed by atoms with Crippen molar-refractivity contribution >= 4 is 9.52 Å². The van der Waals surface area contributed by atoms with E-state index in [9.17, 15) is 0 Å². The first-order chi connectivity index (χ1) is 11.3. The van der Waals surface area contributed by atoms with Gasteiger partial charge in [-0.2, -0.15) is 29.8 Å². The Labute approximate surface area is 189 Å². The quantitative estimate of drug-likeness (QED) is 0.346. The molecule has 1 fully saturated rings. The van der Waals surface area contributed by atoms with Crippen LogP contribution in [0.5, 0.6) is 0 Å². The van der Waals surface area contributed by atoms with Crippen LogP contribution < -0.4 is 24.8 Å². The fourth-order valence-electron chi connectivity index (χ4n) is 3.10. The maximum Gasteiger partial charge on any atom is 4.00 e. The second-order valence-electron chi connectivity index (χ2n) is 6.31. The standard InChI is InChI=1S/C13H9.C6H12N.C2H7Si.2ClH.Ti/c1-3-7-12-10(5-1)9-11-6-2-4-8-13(11)12;7-6-4-2-1-3-5-6;1-3-2;;;/h1-5,7-8H,9H2;6-7H,1-5H2;3H,1-2H3;2*1H;/q2*-1;;;;+4/p-2. The van der Waals surface area contributed by atoms with Crippen molar-refractivity contribution in [1.82, 2.24) is 0 Å². The predicted octanol–water partition coefficient (Wildman–Crippen LogP) is -0.0461. The minimum atomic E-state index is 0. The van der Waals surface area contributed by atoms with Crippen molar-refractivity contribution < 1.29 is 46.5 Å². The van der Waals surface area contributed by atoms with Crippen LogP contribution in [0.3, 0.4) is 0 Å². The van der Waals surface area contributed by atoms with E-state index in [0.29, 0.717) is 0 Å². The van der Waals surface area contributed by atoms with E-state index >= 15 is 0 Å². The van der Waals surface area contributed by atoms with Gasteiger partial charge in [0.25, 0.3) is 0 Å². The Morgan fingerprint density at radius 1 is 0.923 bits per heavy atom. The summed E-state index contributed by atoms with van der Waals surface area (Å²) in [5.41, 5.74) is 12.8. The van der Waals surface area contributed by atoms with Crippen LogP contribution in [0.2, 0.25) is 13.1 Å². The number of halogens is 2. The molecule has 0 amide bonds. The van der Waals surface area contributed by atoms with Gasteiger partial charge < -0.3 is 30.5 Å². The average Bonchev–Trinajstić information content (AvgIpc) is 2.96. The molecule has 0 aromatic heterocycles. The average molecular weight is 441 g/mol. The molecular weight excluding hydrogens is 413 g/mol. The van der Waals surface area contributed by atoms with Crippen LogP contribution in [0, 0.1) is 6.07 Å². The smallest absolute Gasteiger partial charge is 1.00 e. The van der Waals surface area contributed by atoms with Crippen LogP contribution in [0.15, 0.2) is 42.5 Å². The van der Waals surface area contributed by atoms with E-state index in [1.54, 1.807) is 0 Å². The van der Waals surface area contributed by atoms with Crippen molar-refractivity contribution in [3.8, 4) is 11.1 Å². The van der Waals surface area contributed by atoms with E-state index in [1.807, 2.05) is 6.07 Å². The Kier molecular flexibility index (Phi) is 17.2. The Hall–Kier alpha value is -0.0888. The molecule has 0 saturated heterocycles. The zero-order chi connectivity index (χ0) is 16.5.